The number of nitrogens with zero attached hydrogens (tertiary/aromatic N) is 2. The zero-order valence-electron chi connectivity index (χ0n) is 29.6. The van der Waals surface area contributed by atoms with E-state index in [0.717, 1.165) is 45.2 Å². The number of hydrogen-bond acceptors (Lipinski definition) is 7. The van der Waals surface area contributed by atoms with E-state index in [-0.39, 0.29) is 18.4 Å². The van der Waals surface area contributed by atoms with Crippen molar-refractivity contribution in [1.82, 2.24) is 21.3 Å². The zero-order valence-corrected chi connectivity index (χ0v) is 30.5. The molecule has 1 aliphatic rings. The van der Waals surface area contributed by atoms with E-state index in [1.54, 1.807) is 32.5 Å². The van der Waals surface area contributed by atoms with Gasteiger partial charge in [0.2, 0.25) is 17.3 Å². The molecule has 0 fully saturated rings. The fraction of sp³-hybridized carbons (Fsp3) is 0.474. The van der Waals surface area contributed by atoms with Gasteiger partial charge < -0.3 is 30.9 Å². The lowest BCUT2D eigenvalue weighted by molar-refractivity contribution is -0.671. The maximum absolute atomic E-state index is 12.8. The second-order valence-corrected chi connectivity index (χ2v) is 14.4. The predicted octanol–water partition coefficient (Wildman–Crippen LogP) is 5.74. The Hall–Kier alpha value is -4.09. The van der Waals surface area contributed by atoms with Gasteiger partial charge in [-0.3, -0.25) is 9.59 Å². The lowest BCUT2D eigenvalue weighted by Gasteiger charge is -2.23. The summed E-state index contributed by atoms with van der Waals surface area (Å²) in [5, 5.41) is 13.9. The number of nitrogens with one attached hydrogen (secondary N) is 4. The number of carbonyl (C=O) groups is 3. The Kier molecular flexibility index (Phi) is 14.3. The molecule has 0 radical (unpaired) electrons. The van der Waals surface area contributed by atoms with Gasteiger partial charge in [0, 0.05) is 50.0 Å². The molecule has 0 saturated carbocycles. The minimum Gasteiger partial charge on any atom is -0.444 e. The van der Waals surface area contributed by atoms with Crippen molar-refractivity contribution < 1.29 is 23.7 Å². The summed E-state index contributed by atoms with van der Waals surface area (Å²) >= 11 is 1.80. The third kappa shape index (κ3) is 11.8. The number of fused-ring (bicyclic) bond motifs is 2. The molecule has 1 atom stereocenters. The van der Waals surface area contributed by atoms with E-state index in [4.69, 9.17) is 4.74 Å². The van der Waals surface area contributed by atoms with Gasteiger partial charge in [0.25, 0.3) is 0 Å². The topological polar surface area (TPSA) is 116 Å². The summed E-state index contributed by atoms with van der Waals surface area (Å²) < 4.78 is 7.63. The monoisotopic (exact) mass is 689 g/mol. The summed E-state index contributed by atoms with van der Waals surface area (Å²) in [6, 6.07) is 18.5. The molecule has 1 aliphatic heterocycles. The molecule has 4 rings (SSSR count). The van der Waals surface area contributed by atoms with E-state index in [9.17, 15) is 14.4 Å². The summed E-state index contributed by atoms with van der Waals surface area (Å²) in [6.07, 6.45) is 9.11. The number of thioether (sulfide) groups is 1. The van der Waals surface area contributed by atoms with E-state index >= 15 is 0 Å². The number of aromatic nitrogens is 1. The predicted molar refractivity (Wildman–Crippen MR) is 198 cm³/mol. The van der Waals surface area contributed by atoms with Crippen molar-refractivity contribution in [2.45, 2.75) is 88.8 Å². The largest absolute Gasteiger partial charge is 0.444 e. The van der Waals surface area contributed by atoms with Crippen LogP contribution in [-0.2, 0) is 20.9 Å². The molecule has 1 aromatic heterocycles. The Morgan fingerprint density at radius 3 is 2.45 bits per heavy atom. The van der Waals surface area contributed by atoms with Crippen LogP contribution in [0.25, 0.3) is 17.0 Å². The first-order chi connectivity index (χ1) is 23.6. The highest BCUT2D eigenvalue weighted by molar-refractivity contribution is 8.03. The Balaban J connectivity index is 1.18. The molecule has 2 heterocycles. The van der Waals surface area contributed by atoms with Crippen LogP contribution in [0.3, 0.4) is 0 Å². The van der Waals surface area contributed by atoms with Crippen molar-refractivity contribution in [3.8, 4) is 0 Å². The van der Waals surface area contributed by atoms with Crippen molar-refractivity contribution in [1.29, 1.82) is 0 Å². The first kappa shape index (κ1) is 37.7. The highest BCUT2D eigenvalue weighted by atomic mass is 32.2. The molecule has 10 nitrogen and oxygen atoms in total. The van der Waals surface area contributed by atoms with Gasteiger partial charge in [0.1, 0.15) is 18.2 Å². The summed E-state index contributed by atoms with van der Waals surface area (Å²) in [5.41, 5.74) is 2.97. The van der Waals surface area contributed by atoms with Gasteiger partial charge in [0.15, 0.2) is 6.20 Å². The summed E-state index contributed by atoms with van der Waals surface area (Å²) in [5.74, 6) is -0.313. The number of benzene rings is 2. The maximum Gasteiger partial charge on any atom is 0.408 e. The second-order valence-electron chi connectivity index (χ2n) is 13.3. The molecule has 49 heavy (non-hydrogen) atoms. The van der Waals surface area contributed by atoms with Gasteiger partial charge >= 0.3 is 6.09 Å². The van der Waals surface area contributed by atoms with Crippen molar-refractivity contribution in [2.75, 3.05) is 38.6 Å². The molecule has 1 unspecified atom stereocenters. The number of ether oxygens (including phenoxy) is 1. The maximum atomic E-state index is 12.8. The fourth-order valence-electron chi connectivity index (χ4n) is 5.72. The lowest BCUT2D eigenvalue weighted by atomic mass is 10.1. The number of amides is 3. The van der Waals surface area contributed by atoms with Crippen LogP contribution in [0.5, 0.6) is 0 Å². The molecule has 264 valence electrons. The van der Waals surface area contributed by atoms with Crippen LogP contribution in [0.15, 0.2) is 70.7 Å². The number of anilines is 1. The van der Waals surface area contributed by atoms with Gasteiger partial charge in [-0.1, -0.05) is 36.0 Å². The molecule has 0 aliphatic carbocycles. The highest BCUT2D eigenvalue weighted by Crippen LogP contribution is 2.45. The quantitative estimate of drug-likeness (QED) is 0.106. The Morgan fingerprint density at radius 1 is 0.918 bits per heavy atom. The summed E-state index contributed by atoms with van der Waals surface area (Å²) in [6.45, 7) is 7.67. The SMILES string of the molecule is CNCCCCC(NC(=O)OC(C)(C)C)C(=O)NCCNC(=O)CCCCC[n+]1ccc(/C=C2\Sc3ccccc3N2C)c2ccccc21. The number of rotatable bonds is 17. The van der Waals surface area contributed by atoms with Crippen LogP contribution in [0.2, 0.25) is 0 Å². The normalized spacial score (nSPS) is 14.1. The van der Waals surface area contributed by atoms with Crippen molar-refractivity contribution in [2.24, 2.45) is 0 Å². The molecule has 3 amide bonds. The first-order valence-electron chi connectivity index (χ1n) is 17.4. The number of carbonyl (C=O) groups excluding carboxylic acids is 3. The van der Waals surface area contributed by atoms with Crippen LogP contribution in [0.4, 0.5) is 10.5 Å². The summed E-state index contributed by atoms with van der Waals surface area (Å²) in [4.78, 5) is 41.1. The number of pyridine rings is 1. The first-order valence-corrected chi connectivity index (χ1v) is 18.2. The average Bonchev–Trinajstić information content (AvgIpc) is 3.38. The van der Waals surface area contributed by atoms with Crippen LogP contribution >= 0.6 is 11.8 Å². The molecule has 0 spiro atoms. The third-order valence-electron chi connectivity index (χ3n) is 8.24. The number of unbranched alkanes of at least 4 members (excludes halogenated alkanes) is 3. The second kappa shape index (κ2) is 18.6. The van der Waals surface area contributed by atoms with Crippen LogP contribution in [0.1, 0.15) is 71.3 Å². The number of hydrogen-bond donors (Lipinski definition) is 4. The molecular weight excluding hydrogens is 637 g/mol. The van der Waals surface area contributed by atoms with Crippen LogP contribution in [-0.4, -0.2) is 63.3 Å². The van der Waals surface area contributed by atoms with E-state index < -0.39 is 17.7 Å². The minimum absolute atomic E-state index is 0.0304. The van der Waals surface area contributed by atoms with E-state index in [1.807, 2.05) is 7.05 Å². The number of aryl methyl sites for hydroxylation is 1. The smallest absolute Gasteiger partial charge is 0.408 e. The third-order valence-corrected chi connectivity index (χ3v) is 9.40. The Bertz CT molecular complexity index is 1600. The number of para-hydroxylation sites is 2. The van der Waals surface area contributed by atoms with Gasteiger partial charge in [-0.2, -0.15) is 4.57 Å². The fourth-order valence-corrected chi connectivity index (χ4v) is 6.82. The van der Waals surface area contributed by atoms with E-state index in [0.29, 0.717) is 19.4 Å². The van der Waals surface area contributed by atoms with Gasteiger partial charge in [-0.05, 0) is 96.3 Å². The molecule has 11 heteroatoms. The highest BCUT2D eigenvalue weighted by Gasteiger charge is 2.24. The van der Waals surface area contributed by atoms with Gasteiger partial charge in [-0.25, -0.2) is 4.79 Å². The van der Waals surface area contributed by atoms with E-state index in [2.05, 4.69) is 105 Å². The Labute approximate surface area is 295 Å². The van der Waals surface area contributed by atoms with Crippen molar-refractivity contribution in [3.63, 3.8) is 0 Å². The molecular formula is C38H53N6O4S+. The molecule has 0 saturated heterocycles. The standard InChI is InChI=1S/C38H52N6O4S/c1-38(2,3)48-37(47)42-30(16-12-13-22-39-4)36(46)41-24-23-40-34(45)20-7-6-14-25-44-26-21-28(29-15-8-9-17-31(29)44)27-35-43(5)32-18-10-11-19-33(32)49-35/h8-11,15,17-19,21,26-27,30,39H,6-7,12-14,16,20,22-25H2,1-5H3,(H2-,40,41,42,45,46,47)/p+1. The minimum atomic E-state index is -0.698. The molecule has 4 N–H and O–H groups in total. The van der Waals surface area contributed by atoms with Gasteiger partial charge in [0.05, 0.1) is 16.1 Å². The van der Waals surface area contributed by atoms with E-state index in [1.165, 1.54) is 32.1 Å². The zero-order chi connectivity index (χ0) is 35.2. The summed E-state index contributed by atoms with van der Waals surface area (Å²) in [7, 11) is 4.00. The van der Waals surface area contributed by atoms with Crippen molar-refractivity contribution >= 4 is 52.3 Å². The molecule has 0 bridgehead atoms. The average molecular weight is 690 g/mol. The van der Waals surface area contributed by atoms with Crippen LogP contribution in [0, 0.1) is 0 Å². The van der Waals surface area contributed by atoms with Crippen LogP contribution < -0.4 is 30.7 Å². The number of alkyl carbamates (subject to hydrolysis) is 1. The molecule has 3 aromatic rings. The van der Waals surface area contributed by atoms with Crippen molar-refractivity contribution in [3.05, 3.63) is 71.4 Å². The lowest BCUT2D eigenvalue weighted by Crippen LogP contribution is -2.49. The molecule has 2 aromatic carbocycles. The Morgan fingerprint density at radius 2 is 1.67 bits per heavy atom. The van der Waals surface area contributed by atoms with Gasteiger partial charge in [-0.15, -0.1) is 0 Å².